The van der Waals surface area contributed by atoms with Gasteiger partial charge < -0.3 is 5.32 Å². The largest absolute Gasteiger partial charge is 0.354 e. The molecule has 8 nitrogen and oxygen atoms in total. The quantitative estimate of drug-likeness (QED) is 0.431. The Bertz CT molecular complexity index is 1130. The number of benzene rings is 2. The molecular weight excluding hydrogens is 356 g/mol. The van der Waals surface area contributed by atoms with Crippen LogP contribution >= 0.6 is 11.6 Å². The average Bonchev–Trinajstić information content (AvgIpc) is 3.07. The van der Waals surface area contributed by atoms with Gasteiger partial charge in [0.1, 0.15) is 12.7 Å². The first kappa shape index (κ1) is 16.0. The fraction of sp³-hybridized carbons (Fsp3) is 0. The Hall–Kier alpha value is -3.52. The van der Waals surface area contributed by atoms with Gasteiger partial charge in [-0.15, -0.1) is 0 Å². The molecule has 128 valence electrons. The van der Waals surface area contributed by atoms with Crippen LogP contribution in [-0.4, -0.2) is 24.4 Å². The SMILES string of the molecule is O=[N+]([O-])c1c(Nc2ccccc2Cl)ncnc1-n1cnc2ccccc21. The van der Waals surface area contributed by atoms with Crippen molar-refractivity contribution in [2.24, 2.45) is 0 Å². The van der Waals surface area contributed by atoms with Crippen LogP contribution in [0.2, 0.25) is 5.02 Å². The van der Waals surface area contributed by atoms with Gasteiger partial charge in [-0.05, 0) is 24.3 Å². The second-order valence-electron chi connectivity index (χ2n) is 5.36. The predicted octanol–water partition coefficient (Wildman–Crippen LogP) is 4.12. The van der Waals surface area contributed by atoms with E-state index in [-0.39, 0.29) is 17.3 Å². The van der Waals surface area contributed by atoms with E-state index in [9.17, 15) is 10.1 Å². The smallest absolute Gasteiger partial charge is 0.333 e. The van der Waals surface area contributed by atoms with Crippen LogP contribution in [0.25, 0.3) is 16.9 Å². The van der Waals surface area contributed by atoms with Crippen LogP contribution in [0.3, 0.4) is 0 Å². The van der Waals surface area contributed by atoms with Gasteiger partial charge in [0.15, 0.2) is 0 Å². The summed E-state index contributed by atoms with van der Waals surface area (Å²) in [5.74, 6) is 0.166. The van der Waals surface area contributed by atoms with Gasteiger partial charge in [-0.2, -0.15) is 0 Å². The number of hydrogen-bond acceptors (Lipinski definition) is 6. The normalized spacial score (nSPS) is 10.8. The van der Waals surface area contributed by atoms with E-state index in [0.717, 1.165) is 0 Å². The van der Waals surface area contributed by atoms with Gasteiger partial charge in [0.25, 0.3) is 0 Å². The maximum Gasteiger partial charge on any atom is 0.354 e. The number of hydrogen-bond donors (Lipinski definition) is 1. The monoisotopic (exact) mass is 366 g/mol. The molecular formula is C17H11ClN6O2. The van der Waals surface area contributed by atoms with Crippen molar-refractivity contribution in [2.75, 3.05) is 5.32 Å². The van der Waals surface area contributed by atoms with Gasteiger partial charge in [-0.3, -0.25) is 14.7 Å². The zero-order valence-electron chi connectivity index (χ0n) is 13.2. The minimum atomic E-state index is -0.525. The van der Waals surface area contributed by atoms with Crippen molar-refractivity contribution in [1.82, 2.24) is 19.5 Å². The first-order chi connectivity index (χ1) is 12.6. The standard InChI is InChI=1S/C17H11ClN6O2/c18-11-5-1-2-6-12(11)22-16-15(24(25)26)17(20-9-19-16)23-10-21-13-7-3-4-8-14(13)23/h1-10H,(H,19,20,22). The molecule has 0 bridgehead atoms. The Morgan fingerprint density at radius 1 is 1.04 bits per heavy atom. The number of rotatable bonds is 4. The number of anilines is 2. The molecule has 26 heavy (non-hydrogen) atoms. The van der Waals surface area contributed by atoms with Gasteiger partial charge in [-0.25, -0.2) is 15.0 Å². The van der Waals surface area contributed by atoms with E-state index >= 15 is 0 Å². The number of nitro groups is 1. The summed E-state index contributed by atoms with van der Waals surface area (Å²) in [7, 11) is 0. The molecule has 4 rings (SSSR count). The van der Waals surface area contributed by atoms with E-state index in [1.165, 1.54) is 12.7 Å². The predicted molar refractivity (Wildman–Crippen MR) is 98.0 cm³/mol. The molecule has 0 saturated carbocycles. The van der Waals surface area contributed by atoms with E-state index in [1.807, 2.05) is 24.3 Å². The molecule has 2 heterocycles. The van der Waals surface area contributed by atoms with E-state index in [2.05, 4.69) is 20.3 Å². The lowest BCUT2D eigenvalue weighted by molar-refractivity contribution is -0.384. The zero-order valence-corrected chi connectivity index (χ0v) is 14.0. The van der Waals surface area contributed by atoms with Crippen LogP contribution < -0.4 is 5.32 Å². The number of imidazole rings is 1. The Balaban J connectivity index is 1.89. The van der Waals surface area contributed by atoms with Crippen molar-refractivity contribution in [3.05, 3.63) is 76.3 Å². The maximum atomic E-state index is 11.8. The summed E-state index contributed by atoms with van der Waals surface area (Å²) < 4.78 is 1.56. The minimum Gasteiger partial charge on any atom is -0.333 e. The third-order valence-corrected chi connectivity index (χ3v) is 4.12. The van der Waals surface area contributed by atoms with Gasteiger partial charge in [0.2, 0.25) is 11.6 Å². The number of para-hydroxylation sites is 3. The summed E-state index contributed by atoms with van der Waals surface area (Å²) in [5, 5.41) is 15.1. The molecule has 0 aliphatic heterocycles. The molecule has 4 aromatic rings. The van der Waals surface area contributed by atoms with Crippen LogP contribution in [0.5, 0.6) is 0 Å². The van der Waals surface area contributed by atoms with Gasteiger partial charge in [-0.1, -0.05) is 35.9 Å². The van der Waals surface area contributed by atoms with Crippen LogP contribution in [0.1, 0.15) is 0 Å². The summed E-state index contributed by atoms with van der Waals surface area (Å²) in [6.45, 7) is 0. The number of nitrogens with one attached hydrogen (secondary N) is 1. The second kappa shape index (κ2) is 6.41. The van der Waals surface area contributed by atoms with Crippen molar-refractivity contribution >= 4 is 39.8 Å². The molecule has 0 fully saturated rings. The zero-order chi connectivity index (χ0) is 18.1. The topological polar surface area (TPSA) is 98.8 Å². The third-order valence-electron chi connectivity index (χ3n) is 3.79. The Morgan fingerprint density at radius 3 is 2.62 bits per heavy atom. The van der Waals surface area contributed by atoms with Crippen molar-refractivity contribution in [2.45, 2.75) is 0 Å². The molecule has 0 saturated heterocycles. The number of nitrogens with zero attached hydrogens (tertiary/aromatic N) is 5. The van der Waals surface area contributed by atoms with Crippen LogP contribution in [-0.2, 0) is 0 Å². The van der Waals surface area contributed by atoms with Gasteiger partial charge in [0.05, 0.1) is 26.7 Å². The molecule has 0 unspecified atom stereocenters. The first-order valence-corrected chi connectivity index (χ1v) is 7.96. The molecule has 0 aliphatic carbocycles. The molecule has 0 spiro atoms. The number of aromatic nitrogens is 4. The summed E-state index contributed by atoms with van der Waals surface area (Å²) in [5.41, 5.74) is 1.66. The van der Waals surface area contributed by atoms with E-state index in [1.54, 1.807) is 28.8 Å². The fourth-order valence-corrected chi connectivity index (χ4v) is 2.81. The Labute approximate surface area is 152 Å². The van der Waals surface area contributed by atoms with Crippen molar-refractivity contribution < 1.29 is 4.92 Å². The number of halogens is 1. The molecule has 1 N–H and O–H groups in total. The molecule has 2 aromatic heterocycles. The van der Waals surface area contributed by atoms with E-state index in [4.69, 9.17) is 11.6 Å². The van der Waals surface area contributed by atoms with Gasteiger partial charge >= 0.3 is 5.69 Å². The summed E-state index contributed by atoms with van der Waals surface area (Å²) in [4.78, 5) is 23.7. The lowest BCUT2D eigenvalue weighted by Crippen LogP contribution is -2.07. The molecule has 0 atom stereocenters. The Kier molecular flexibility index (Phi) is 3.94. The third kappa shape index (κ3) is 2.72. The molecule has 0 radical (unpaired) electrons. The first-order valence-electron chi connectivity index (χ1n) is 7.58. The molecule has 9 heteroatoms. The van der Waals surface area contributed by atoms with Crippen LogP contribution in [0, 0.1) is 10.1 Å². The highest BCUT2D eigenvalue weighted by atomic mass is 35.5. The highest BCUT2D eigenvalue weighted by Gasteiger charge is 2.25. The lowest BCUT2D eigenvalue weighted by atomic mass is 10.3. The molecule has 0 amide bonds. The Morgan fingerprint density at radius 2 is 1.81 bits per heavy atom. The summed E-state index contributed by atoms with van der Waals surface area (Å²) in [6, 6.07) is 14.2. The lowest BCUT2D eigenvalue weighted by Gasteiger charge is -2.10. The molecule has 0 aliphatic rings. The van der Waals surface area contributed by atoms with Gasteiger partial charge in [0, 0.05) is 0 Å². The maximum absolute atomic E-state index is 11.8. The number of fused-ring (bicyclic) bond motifs is 1. The van der Waals surface area contributed by atoms with Crippen LogP contribution in [0.4, 0.5) is 17.2 Å². The molecule has 2 aromatic carbocycles. The minimum absolute atomic E-state index is 0.0471. The average molecular weight is 367 g/mol. The fourth-order valence-electron chi connectivity index (χ4n) is 2.62. The summed E-state index contributed by atoms with van der Waals surface area (Å²) >= 11 is 6.13. The van der Waals surface area contributed by atoms with Crippen molar-refractivity contribution in [3.8, 4) is 5.82 Å². The van der Waals surface area contributed by atoms with E-state index < -0.39 is 4.92 Å². The second-order valence-corrected chi connectivity index (χ2v) is 5.77. The van der Waals surface area contributed by atoms with Crippen molar-refractivity contribution in [1.29, 1.82) is 0 Å². The van der Waals surface area contributed by atoms with Crippen molar-refractivity contribution in [3.63, 3.8) is 0 Å². The highest BCUT2D eigenvalue weighted by molar-refractivity contribution is 6.33. The summed E-state index contributed by atoms with van der Waals surface area (Å²) in [6.07, 6.45) is 2.76. The van der Waals surface area contributed by atoms with E-state index in [0.29, 0.717) is 21.7 Å². The van der Waals surface area contributed by atoms with Crippen LogP contribution in [0.15, 0.2) is 61.2 Å². The highest BCUT2D eigenvalue weighted by Crippen LogP contribution is 2.33.